The molecule has 0 aromatic heterocycles. The van der Waals surface area contributed by atoms with Crippen molar-refractivity contribution in [1.29, 1.82) is 5.41 Å². The van der Waals surface area contributed by atoms with Crippen molar-refractivity contribution in [3.8, 4) is 0 Å². The second-order valence-electron chi connectivity index (χ2n) is 4.41. The van der Waals surface area contributed by atoms with Crippen LogP contribution in [-0.4, -0.2) is 32.3 Å². The van der Waals surface area contributed by atoms with Crippen LogP contribution in [0.2, 0.25) is 0 Å². The average molecular weight is 381 g/mol. The van der Waals surface area contributed by atoms with Crippen molar-refractivity contribution in [1.82, 2.24) is 0 Å². The van der Waals surface area contributed by atoms with E-state index in [9.17, 15) is 16.8 Å². The van der Waals surface area contributed by atoms with E-state index in [1.54, 1.807) is 19.1 Å². The van der Waals surface area contributed by atoms with Crippen LogP contribution < -0.4 is 5.73 Å². The molecular weight excluding hydrogens is 360 g/mol. The predicted octanol–water partition coefficient (Wildman–Crippen LogP) is 2.15. The normalized spacial score (nSPS) is 11.8. The summed E-state index contributed by atoms with van der Waals surface area (Å²) in [4.78, 5) is -0.0666. The SMILES string of the molecule is CCCS(=O)(=O)C=CSC(=N)N.Cc1ccc(S(=O)(=O)O)cc1. The van der Waals surface area contributed by atoms with Gasteiger partial charge in [-0.3, -0.25) is 9.96 Å². The van der Waals surface area contributed by atoms with E-state index in [1.165, 1.54) is 17.5 Å². The van der Waals surface area contributed by atoms with E-state index in [1.807, 2.05) is 6.92 Å². The molecule has 0 fully saturated rings. The van der Waals surface area contributed by atoms with Crippen LogP contribution in [0.4, 0.5) is 0 Å². The summed E-state index contributed by atoms with van der Waals surface area (Å²) >= 11 is 0.885. The van der Waals surface area contributed by atoms with Gasteiger partial charge in [0, 0.05) is 5.41 Å². The Morgan fingerprint density at radius 1 is 1.26 bits per heavy atom. The molecular formula is C13H20N2O5S3. The smallest absolute Gasteiger partial charge is 0.294 e. The highest BCUT2D eigenvalue weighted by Gasteiger charge is 2.06. The fourth-order valence-corrected chi connectivity index (χ4v) is 3.48. The summed E-state index contributed by atoms with van der Waals surface area (Å²) in [6.07, 6.45) is 0.595. The van der Waals surface area contributed by atoms with E-state index in [-0.39, 0.29) is 15.8 Å². The quantitative estimate of drug-likeness (QED) is 0.404. The maximum absolute atomic E-state index is 11.0. The summed E-state index contributed by atoms with van der Waals surface area (Å²) in [6.45, 7) is 3.64. The lowest BCUT2D eigenvalue weighted by Crippen LogP contribution is -2.03. The Morgan fingerprint density at radius 2 is 1.78 bits per heavy atom. The number of amidine groups is 1. The molecule has 0 atom stereocenters. The summed E-state index contributed by atoms with van der Waals surface area (Å²) in [6, 6.07) is 5.99. The van der Waals surface area contributed by atoms with Crippen LogP contribution >= 0.6 is 11.8 Å². The van der Waals surface area contributed by atoms with Gasteiger partial charge < -0.3 is 5.73 Å². The lowest BCUT2D eigenvalue weighted by molar-refractivity contribution is 0.483. The molecule has 130 valence electrons. The van der Waals surface area contributed by atoms with Gasteiger partial charge in [-0.1, -0.05) is 36.4 Å². The van der Waals surface area contributed by atoms with E-state index in [2.05, 4.69) is 0 Å². The molecule has 0 aliphatic heterocycles. The first kappa shape index (κ1) is 21.6. The number of hydrogen-bond acceptors (Lipinski definition) is 6. The first-order valence-corrected chi connectivity index (χ1v) is 10.5. The molecule has 0 heterocycles. The van der Waals surface area contributed by atoms with Crippen molar-refractivity contribution in [2.75, 3.05) is 5.75 Å². The van der Waals surface area contributed by atoms with Gasteiger partial charge in [0.2, 0.25) is 0 Å². The second kappa shape index (κ2) is 9.71. The van der Waals surface area contributed by atoms with Crippen LogP contribution in [0.15, 0.2) is 40.0 Å². The van der Waals surface area contributed by atoms with Gasteiger partial charge in [-0.05, 0) is 30.9 Å². The fourth-order valence-electron chi connectivity index (χ4n) is 1.25. The number of nitrogens with one attached hydrogen (secondary N) is 1. The van der Waals surface area contributed by atoms with Gasteiger partial charge in [0.15, 0.2) is 15.0 Å². The molecule has 0 radical (unpaired) electrons. The van der Waals surface area contributed by atoms with E-state index in [0.29, 0.717) is 6.42 Å². The maximum atomic E-state index is 11.0. The molecule has 0 unspecified atom stereocenters. The highest BCUT2D eigenvalue weighted by molar-refractivity contribution is 8.16. The van der Waals surface area contributed by atoms with Crippen molar-refractivity contribution in [2.45, 2.75) is 25.2 Å². The van der Waals surface area contributed by atoms with Crippen LogP contribution in [0.5, 0.6) is 0 Å². The van der Waals surface area contributed by atoms with E-state index >= 15 is 0 Å². The maximum Gasteiger partial charge on any atom is 0.294 e. The van der Waals surface area contributed by atoms with Crippen molar-refractivity contribution >= 4 is 36.9 Å². The Balaban J connectivity index is 0.000000422. The Morgan fingerprint density at radius 3 is 2.17 bits per heavy atom. The highest BCUT2D eigenvalue weighted by atomic mass is 32.2. The van der Waals surface area contributed by atoms with Crippen LogP contribution in [0.1, 0.15) is 18.9 Å². The van der Waals surface area contributed by atoms with Crippen molar-refractivity contribution in [3.05, 3.63) is 40.6 Å². The highest BCUT2D eigenvalue weighted by Crippen LogP contribution is 2.08. The number of thioether (sulfide) groups is 1. The van der Waals surface area contributed by atoms with Crippen molar-refractivity contribution in [2.24, 2.45) is 5.73 Å². The van der Waals surface area contributed by atoms with Gasteiger partial charge >= 0.3 is 0 Å². The molecule has 1 rings (SSSR count). The van der Waals surface area contributed by atoms with Crippen molar-refractivity contribution in [3.63, 3.8) is 0 Å². The standard InChI is InChI=1S/C7H8O3S.C6H12N2O2S2/c1-6-2-4-7(5-3-6)11(8,9)10;1-2-4-12(9,10)5-3-11-6(7)8/h2-5H,1H3,(H,8,9,10);3,5H,2,4H2,1H3,(H3,7,8). The topological polar surface area (TPSA) is 138 Å². The molecule has 7 nitrogen and oxygen atoms in total. The number of sulfone groups is 1. The van der Waals surface area contributed by atoms with Crippen LogP contribution in [0.3, 0.4) is 0 Å². The van der Waals surface area contributed by atoms with Gasteiger partial charge in [0.25, 0.3) is 10.1 Å². The molecule has 0 bridgehead atoms. The van der Waals surface area contributed by atoms with Gasteiger partial charge in [-0.2, -0.15) is 8.42 Å². The zero-order valence-corrected chi connectivity index (χ0v) is 15.2. The summed E-state index contributed by atoms with van der Waals surface area (Å²) in [7, 11) is -7.10. The lowest BCUT2D eigenvalue weighted by atomic mass is 10.2. The first-order chi connectivity index (χ1) is 10.5. The molecule has 0 saturated carbocycles. The molecule has 10 heteroatoms. The minimum absolute atomic E-state index is 0.0666. The molecule has 23 heavy (non-hydrogen) atoms. The van der Waals surface area contributed by atoms with E-state index < -0.39 is 20.0 Å². The van der Waals surface area contributed by atoms with Crippen LogP contribution in [0, 0.1) is 12.3 Å². The number of rotatable bonds is 5. The van der Waals surface area contributed by atoms with Gasteiger partial charge in [0.05, 0.1) is 10.6 Å². The minimum Gasteiger partial charge on any atom is -0.378 e. The molecule has 0 aliphatic rings. The summed E-state index contributed by atoms with van der Waals surface area (Å²) in [5.74, 6) is 0.141. The van der Waals surface area contributed by atoms with Gasteiger partial charge in [-0.15, -0.1) is 0 Å². The Hall–Kier alpha value is -1.36. The zero-order valence-electron chi connectivity index (χ0n) is 12.8. The first-order valence-electron chi connectivity index (χ1n) is 6.42. The largest absolute Gasteiger partial charge is 0.378 e. The minimum atomic E-state index is -4.02. The number of benzene rings is 1. The van der Waals surface area contributed by atoms with Crippen molar-refractivity contribution < 1.29 is 21.4 Å². The third-order valence-corrected chi connectivity index (χ3v) is 5.36. The van der Waals surface area contributed by atoms with Gasteiger partial charge in [-0.25, -0.2) is 8.42 Å². The Labute approximate surface area is 141 Å². The van der Waals surface area contributed by atoms with E-state index in [4.69, 9.17) is 15.7 Å². The van der Waals surface area contributed by atoms with Gasteiger partial charge in [0.1, 0.15) is 0 Å². The summed E-state index contributed by atoms with van der Waals surface area (Å²) < 4.78 is 51.6. The number of aryl methyl sites for hydroxylation is 1. The third-order valence-electron chi connectivity index (χ3n) is 2.27. The average Bonchev–Trinajstić information content (AvgIpc) is 2.38. The Bertz CT molecular complexity index is 738. The number of hydrogen-bond donors (Lipinski definition) is 3. The molecule has 1 aromatic carbocycles. The fraction of sp³-hybridized carbons (Fsp3) is 0.308. The second-order valence-corrected chi connectivity index (χ2v) is 8.78. The summed E-state index contributed by atoms with van der Waals surface area (Å²) in [5.41, 5.74) is 5.95. The lowest BCUT2D eigenvalue weighted by Gasteiger charge is -1.95. The Kier molecular flexibility index (Phi) is 9.13. The van der Waals surface area contributed by atoms with E-state index in [0.717, 1.165) is 22.7 Å². The molecule has 1 aromatic rings. The molecule has 0 saturated heterocycles. The zero-order chi connectivity index (χ0) is 18.1. The van der Waals surface area contributed by atoms with Crippen LogP contribution in [-0.2, 0) is 20.0 Å². The molecule has 0 amide bonds. The molecule has 0 spiro atoms. The molecule has 0 aliphatic carbocycles. The monoisotopic (exact) mass is 380 g/mol. The van der Waals surface area contributed by atoms with Crippen LogP contribution in [0.25, 0.3) is 0 Å². The third kappa shape index (κ3) is 10.9. The summed E-state index contributed by atoms with van der Waals surface area (Å²) in [5, 5.41) is 9.08. The molecule has 4 N–H and O–H groups in total. The predicted molar refractivity (Wildman–Crippen MR) is 93.7 cm³/mol. The number of nitrogens with two attached hydrogens (primary N) is 1.